The fourth-order valence-corrected chi connectivity index (χ4v) is 6.26. The van der Waals surface area contributed by atoms with Crippen LogP contribution in [-0.2, 0) is 47.7 Å². The number of esters is 5. The van der Waals surface area contributed by atoms with E-state index in [4.69, 9.17) is 35.3 Å². The standard InChI is InChI=1S/C36H55ClO11/c1-11-31(45-26(7)39)24(5)35(47-28(9)41)30(37)19-21(2)13-12-14-22(3)34-23(4)15-16-32(46-27(8)40)36(10,43)18-17-29(44-25(6)38)20-33(42)48-34/h12-16,21,23-24,29-32,34-35,43H,11,17-20H2,1-10H3/b13-12+,16-15+,22-14+. The second-order valence-corrected chi connectivity index (χ2v) is 13.6. The Morgan fingerprint density at radius 3 is 2.17 bits per heavy atom. The molecule has 48 heavy (non-hydrogen) atoms. The molecule has 0 fully saturated rings. The third-order valence-electron chi connectivity index (χ3n) is 8.26. The van der Waals surface area contributed by atoms with E-state index in [1.54, 1.807) is 12.2 Å². The van der Waals surface area contributed by atoms with Gasteiger partial charge in [0.1, 0.15) is 36.1 Å². The van der Waals surface area contributed by atoms with Crippen LogP contribution in [0.4, 0.5) is 0 Å². The van der Waals surface area contributed by atoms with Crippen LogP contribution in [0.15, 0.2) is 36.0 Å². The molecule has 1 N–H and O–H groups in total. The molecule has 0 bridgehead atoms. The quantitative estimate of drug-likeness (QED) is 0.0800. The lowest BCUT2D eigenvalue weighted by Gasteiger charge is -2.33. The van der Waals surface area contributed by atoms with Crippen molar-refractivity contribution in [1.82, 2.24) is 0 Å². The minimum atomic E-state index is -1.49. The fourth-order valence-electron chi connectivity index (χ4n) is 5.70. The van der Waals surface area contributed by atoms with E-state index in [1.807, 2.05) is 52.8 Å². The van der Waals surface area contributed by atoms with Gasteiger partial charge in [-0.3, -0.25) is 24.0 Å². The molecule has 272 valence electrons. The highest BCUT2D eigenvalue weighted by Gasteiger charge is 2.37. The lowest BCUT2D eigenvalue weighted by Crippen LogP contribution is -2.42. The van der Waals surface area contributed by atoms with E-state index < -0.39 is 77.3 Å². The van der Waals surface area contributed by atoms with E-state index in [0.717, 1.165) is 0 Å². The Labute approximate surface area is 290 Å². The third kappa shape index (κ3) is 15.4. The number of cyclic esters (lactones) is 1. The number of ether oxygens (including phenoxy) is 5. The van der Waals surface area contributed by atoms with Crippen LogP contribution in [0, 0.1) is 17.8 Å². The van der Waals surface area contributed by atoms with E-state index in [9.17, 15) is 29.1 Å². The number of hydrogen-bond donors (Lipinski definition) is 1. The molecule has 0 saturated carbocycles. The molecule has 10 atom stereocenters. The molecule has 0 spiro atoms. The van der Waals surface area contributed by atoms with Gasteiger partial charge in [-0.15, -0.1) is 11.6 Å². The van der Waals surface area contributed by atoms with Gasteiger partial charge in [-0.2, -0.15) is 0 Å². The van der Waals surface area contributed by atoms with Gasteiger partial charge >= 0.3 is 29.8 Å². The minimum Gasteiger partial charge on any atom is -0.462 e. The van der Waals surface area contributed by atoms with Crippen LogP contribution in [0.25, 0.3) is 0 Å². The number of rotatable bonds is 13. The lowest BCUT2D eigenvalue weighted by atomic mass is 9.88. The van der Waals surface area contributed by atoms with Crippen LogP contribution in [0.1, 0.15) is 101 Å². The van der Waals surface area contributed by atoms with Gasteiger partial charge in [0.2, 0.25) is 0 Å². The van der Waals surface area contributed by atoms with Gasteiger partial charge in [-0.05, 0) is 57.1 Å². The average Bonchev–Trinajstić information content (AvgIpc) is 2.96. The number of hydrogen-bond acceptors (Lipinski definition) is 11. The molecule has 11 nitrogen and oxygen atoms in total. The number of allylic oxidation sites excluding steroid dienone is 3. The van der Waals surface area contributed by atoms with E-state index in [-0.39, 0.29) is 31.1 Å². The zero-order valence-corrected chi connectivity index (χ0v) is 30.8. The molecular formula is C36H55ClO11. The summed E-state index contributed by atoms with van der Waals surface area (Å²) >= 11 is 6.80. The van der Waals surface area contributed by atoms with Crippen molar-refractivity contribution in [3.63, 3.8) is 0 Å². The predicted molar refractivity (Wildman–Crippen MR) is 181 cm³/mol. The van der Waals surface area contributed by atoms with Gasteiger partial charge in [0.15, 0.2) is 0 Å². The molecular weight excluding hydrogens is 644 g/mol. The van der Waals surface area contributed by atoms with E-state index in [0.29, 0.717) is 18.4 Å². The second-order valence-electron chi connectivity index (χ2n) is 13.0. The number of carbonyl (C=O) groups excluding carboxylic acids is 5. The highest BCUT2D eigenvalue weighted by atomic mass is 35.5. The summed E-state index contributed by atoms with van der Waals surface area (Å²) in [4.78, 5) is 60.2. The van der Waals surface area contributed by atoms with Gasteiger partial charge in [0, 0.05) is 39.5 Å². The predicted octanol–water partition coefficient (Wildman–Crippen LogP) is 5.93. The zero-order chi connectivity index (χ0) is 36.8. The first-order valence-corrected chi connectivity index (χ1v) is 17.0. The summed E-state index contributed by atoms with van der Waals surface area (Å²) in [7, 11) is 0. The van der Waals surface area contributed by atoms with Gasteiger partial charge in [-0.25, -0.2) is 0 Å². The Bertz CT molecular complexity index is 1190. The molecule has 0 radical (unpaired) electrons. The molecule has 1 aliphatic heterocycles. The van der Waals surface area contributed by atoms with Crippen molar-refractivity contribution in [2.24, 2.45) is 17.8 Å². The molecule has 0 aromatic carbocycles. The lowest BCUT2D eigenvalue weighted by molar-refractivity contribution is -0.161. The number of alkyl halides is 1. The first-order valence-electron chi connectivity index (χ1n) is 16.5. The minimum absolute atomic E-state index is 0.0528. The van der Waals surface area contributed by atoms with E-state index in [1.165, 1.54) is 34.6 Å². The van der Waals surface area contributed by atoms with Crippen molar-refractivity contribution < 1.29 is 52.8 Å². The highest BCUT2D eigenvalue weighted by molar-refractivity contribution is 6.21. The summed E-state index contributed by atoms with van der Waals surface area (Å²) in [5.74, 6) is -3.38. The molecule has 0 aromatic rings. The molecule has 12 heteroatoms. The first-order chi connectivity index (χ1) is 22.3. The maximum Gasteiger partial charge on any atom is 0.310 e. The molecule has 0 aliphatic carbocycles. The summed E-state index contributed by atoms with van der Waals surface area (Å²) in [6, 6.07) is 0. The Morgan fingerprint density at radius 1 is 1.02 bits per heavy atom. The Hall–Kier alpha value is -3.18. The van der Waals surface area contributed by atoms with Gasteiger partial charge in [0.05, 0.1) is 11.8 Å². The van der Waals surface area contributed by atoms with Crippen LogP contribution in [-0.4, -0.2) is 76.5 Å². The molecule has 0 saturated heterocycles. The number of halogens is 1. The Kier molecular flexibility index (Phi) is 18.2. The second kappa shape index (κ2) is 20.4. The average molecular weight is 699 g/mol. The van der Waals surface area contributed by atoms with Crippen molar-refractivity contribution in [1.29, 1.82) is 0 Å². The van der Waals surface area contributed by atoms with Crippen LogP contribution in [0.3, 0.4) is 0 Å². The normalized spacial score (nSPS) is 27.9. The third-order valence-corrected chi connectivity index (χ3v) is 8.68. The topological polar surface area (TPSA) is 152 Å². The molecule has 10 unspecified atom stereocenters. The fraction of sp³-hybridized carbons (Fsp3) is 0.694. The molecule has 0 amide bonds. The highest BCUT2D eigenvalue weighted by Crippen LogP contribution is 2.30. The number of carbonyl (C=O) groups is 5. The molecule has 1 rings (SSSR count). The van der Waals surface area contributed by atoms with Crippen LogP contribution in [0.5, 0.6) is 0 Å². The van der Waals surface area contributed by atoms with Crippen LogP contribution in [0.2, 0.25) is 0 Å². The largest absolute Gasteiger partial charge is 0.462 e. The van der Waals surface area contributed by atoms with E-state index >= 15 is 0 Å². The van der Waals surface area contributed by atoms with Crippen molar-refractivity contribution >= 4 is 41.4 Å². The SMILES string of the molecule is CCC(OC(C)=O)C(C)C(OC(C)=O)C(Cl)CC(C)/C=C/C=C(\C)C1OC(=O)CC(OC(C)=O)CCC(C)(O)C(OC(C)=O)/C=C/C1C. The smallest absolute Gasteiger partial charge is 0.310 e. The van der Waals surface area contributed by atoms with Crippen LogP contribution >= 0.6 is 11.6 Å². The molecule has 1 heterocycles. The zero-order valence-electron chi connectivity index (χ0n) is 30.0. The van der Waals surface area contributed by atoms with Gasteiger partial charge in [0.25, 0.3) is 0 Å². The van der Waals surface area contributed by atoms with Gasteiger partial charge < -0.3 is 28.8 Å². The molecule has 0 aromatic heterocycles. The van der Waals surface area contributed by atoms with Gasteiger partial charge in [-0.1, -0.05) is 52.0 Å². The Balaban J connectivity index is 3.26. The summed E-state index contributed by atoms with van der Waals surface area (Å²) in [6.45, 7) is 16.0. The number of aliphatic hydroxyl groups is 1. The van der Waals surface area contributed by atoms with E-state index in [2.05, 4.69) is 0 Å². The van der Waals surface area contributed by atoms with Crippen molar-refractivity contribution in [2.45, 2.75) is 143 Å². The maximum absolute atomic E-state index is 13.1. The maximum atomic E-state index is 13.1. The van der Waals surface area contributed by atoms with Crippen LogP contribution < -0.4 is 0 Å². The summed E-state index contributed by atoms with van der Waals surface area (Å²) in [6.07, 6.45) is 6.22. The molecule has 1 aliphatic rings. The summed E-state index contributed by atoms with van der Waals surface area (Å²) in [5.41, 5.74) is -0.783. The van der Waals surface area contributed by atoms with Crippen molar-refractivity contribution in [2.75, 3.05) is 0 Å². The monoisotopic (exact) mass is 698 g/mol. The van der Waals surface area contributed by atoms with Crippen molar-refractivity contribution in [3.05, 3.63) is 36.0 Å². The summed E-state index contributed by atoms with van der Waals surface area (Å²) in [5, 5.41) is 10.6. The van der Waals surface area contributed by atoms with Crippen molar-refractivity contribution in [3.8, 4) is 0 Å². The Morgan fingerprint density at radius 2 is 1.62 bits per heavy atom. The first kappa shape index (κ1) is 42.8. The summed E-state index contributed by atoms with van der Waals surface area (Å²) < 4.78 is 27.7.